The zero-order chi connectivity index (χ0) is 37.0. The molecule has 6 rings (SSSR count). The smallest absolute Gasteiger partial charge is 0.386 e. The van der Waals surface area contributed by atoms with E-state index in [1.807, 2.05) is 0 Å². The summed E-state index contributed by atoms with van der Waals surface area (Å²) in [7, 11) is 0. The fourth-order valence-electron chi connectivity index (χ4n) is 7.51. The van der Waals surface area contributed by atoms with Crippen molar-refractivity contribution in [3.8, 4) is 16.9 Å². The van der Waals surface area contributed by atoms with Gasteiger partial charge in [0.25, 0.3) is 0 Å². The molecule has 0 spiro atoms. The molecule has 3 atom stereocenters. The number of nitrogens with zero attached hydrogens (tertiary/aromatic N) is 4. The highest BCUT2D eigenvalue weighted by Crippen LogP contribution is 2.38. The van der Waals surface area contributed by atoms with E-state index in [0.717, 1.165) is 38.2 Å². The maximum Gasteiger partial charge on any atom is 0.416 e. The Kier molecular flexibility index (Phi) is 11.8. The number of nitrogens with two attached hydrogens (primary N) is 3. The highest BCUT2D eigenvalue weighted by Gasteiger charge is 2.34. The zero-order valence-corrected chi connectivity index (χ0v) is 29.1. The first kappa shape index (κ1) is 37.6. The first-order valence-electron chi connectivity index (χ1n) is 18.1. The number of alkyl halides is 4. The maximum atomic E-state index is 16.0. The Bertz CT molecular complexity index is 1930. The number of hydrogen-bond acceptors (Lipinski definition) is 6. The summed E-state index contributed by atoms with van der Waals surface area (Å²) in [5, 5.41) is 0.471. The van der Waals surface area contributed by atoms with Gasteiger partial charge in [0, 0.05) is 54.1 Å². The van der Waals surface area contributed by atoms with Gasteiger partial charge in [0.15, 0.2) is 0 Å². The predicted octanol–water partition coefficient (Wildman–Crippen LogP) is 6.56. The third-order valence-electron chi connectivity index (χ3n) is 10.4. The van der Waals surface area contributed by atoms with E-state index in [-0.39, 0.29) is 36.0 Å². The minimum atomic E-state index is -4.54. The topological polar surface area (TPSA) is 144 Å². The van der Waals surface area contributed by atoms with Gasteiger partial charge in [0.05, 0.1) is 24.5 Å². The number of likely N-dealkylation sites (tertiary alicyclic amines) is 1. The Hall–Kier alpha value is -4.14. The van der Waals surface area contributed by atoms with Gasteiger partial charge in [-0.15, -0.1) is 0 Å². The fourth-order valence-corrected chi connectivity index (χ4v) is 7.51. The SMILES string of the molecule is NCC(N)=NCC[C@@H]1CCC[C@@H](c2ccc(-n3cc4cc(-c5cc(CCC[C@@H](N)C6CC6)cc(C(F)(F)F)c5)[nH]c4nc3=O)cc2F)N1CCCF. The van der Waals surface area contributed by atoms with Gasteiger partial charge in [-0.05, 0) is 118 Å². The van der Waals surface area contributed by atoms with Crippen LogP contribution in [0.3, 0.4) is 0 Å². The van der Waals surface area contributed by atoms with Gasteiger partial charge in [0.2, 0.25) is 0 Å². The van der Waals surface area contributed by atoms with E-state index in [0.29, 0.717) is 84.7 Å². The van der Waals surface area contributed by atoms with Crippen LogP contribution in [0.5, 0.6) is 0 Å². The van der Waals surface area contributed by atoms with Crippen LogP contribution in [0.25, 0.3) is 28.0 Å². The van der Waals surface area contributed by atoms with E-state index < -0.39 is 29.9 Å². The van der Waals surface area contributed by atoms with Crippen molar-refractivity contribution in [2.45, 2.75) is 88.5 Å². The number of nitrogens with one attached hydrogen (secondary N) is 1. The zero-order valence-electron chi connectivity index (χ0n) is 29.1. The molecule has 3 heterocycles. The van der Waals surface area contributed by atoms with Gasteiger partial charge in [-0.3, -0.25) is 18.8 Å². The van der Waals surface area contributed by atoms with Crippen molar-refractivity contribution in [1.82, 2.24) is 19.4 Å². The number of aryl methyl sites for hydroxylation is 1. The molecule has 1 saturated heterocycles. The third-order valence-corrected chi connectivity index (χ3v) is 10.4. The summed E-state index contributed by atoms with van der Waals surface area (Å²) in [5.41, 5.74) is 18.3. The van der Waals surface area contributed by atoms with Crippen LogP contribution >= 0.6 is 0 Å². The van der Waals surface area contributed by atoms with Gasteiger partial charge in [-0.25, -0.2) is 9.18 Å². The lowest BCUT2D eigenvalue weighted by Crippen LogP contribution is -2.43. The highest BCUT2D eigenvalue weighted by molar-refractivity contribution is 5.83. The van der Waals surface area contributed by atoms with Gasteiger partial charge in [-0.2, -0.15) is 18.2 Å². The molecule has 2 aromatic heterocycles. The number of halogens is 5. The molecule has 1 aliphatic heterocycles. The minimum Gasteiger partial charge on any atom is -0.386 e. The van der Waals surface area contributed by atoms with Crippen LogP contribution in [-0.2, 0) is 12.6 Å². The number of aromatic nitrogens is 3. The van der Waals surface area contributed by atoms with Crippen LogP contribution in [0.2, 0.25) is 0 Å². The summed E-state index contributed by atoms with van der Waals surface area (Å²) in [4.78, 5) is 26.8. The van der Waals surface area contributed by atoms with Crippen LogP contribution < -0.4 is 22.9 Å². The molecule has 0 bridgehead atoms. The molecule has 52 heavy (non-hydrogen) atoms. The molecule has 4 aromatic rings. The van der Waals surface area contributed by atoms with Crippen molar-refractivity contribution >= 4 is 16.9 Å². The van der Waals surface area contributed by atoms with Crippen LogP contribution in [0, 0.1) is 11.7 Å². The quantitative estimate of drug-likeness (QED) is 0.0621. The average molecular weight is 727 g/mol. The van der Waals surface area contributed by atoms with Crippen molar-refractivity contribution in [2.24, 2.45) is 28.1 Å². The highest BCUT2D eigenvalue weighted by atomic mass is 19.4. The molecule has 1 aliphatic carbocycles. The second-order valence-electron chi connectivity index (χ2n) is 14.1. The van der Waals surface area contributed by atoms with Crippen LogP contribution in [0.1, 0.15) is 80.5 Å². The lowest BCUT2D eigenvalue weighted by Gasteiger charge is -2.42. The van der Waals surface area contributed by atoms with Crippen LogP contribution in [-0.4, -0.2) is 63.7 Å². The Morgan fingerprint density at radius 3 is 2.60 bits per heavy atom. The first-order chi connectivity index (χ1) is 24.9. The second-order valence-corrected chi connectivity index (χ2v) is 14.1. The number of piperidine rings is 1. The average Bonchev–Trinajstić information content (AvgIpc) is 3.89. The number of hydrogen-bond donors (Lipinski definition) is 4. The number of benzene rings is 2. The Balaban J connectivity index is 1.25. The Morgan fingerprint density at radius 2 is 1.88 bits per heavy atom. The molecule has 7 N–H and O–H groups in total. The summed E-state index contributed by atoms with van der Waals surface area (Å²) in [5.74, 6) is 0.379. The number of aliphatic imine (C=N–C) groups is 1. The number of H-pyrrole nitrogens is 1. The molecule has 0 unspecified atom stereocenters. The monoisotopic (exact) mass is 726 g/mol. The van der Waals surface area contributed by atoms with Crippen LogP contribution in [0.15, 0.2) is 58.4 Å². The molecular weight excluding hydrogens is 679 g/mol. The normalized spacial score (nSPS) is 19.4. The second kappa shape index (κ2) is 16.3. The maximum absolute atomic E-state index is 16.0. The van der Waals surface area contributed by atoms with E-state index >= 15 is 4.39 Å². The van der Waals surface area contributed by atoms with Gasteiger partial charge in [-0.1, -0.05) is 6.07 Å². The van der Waals surface area contributed by atoms with Crippen molar-refractivity contribution in [3.63, 3.8) is 0 Å². The van der Waals surface area contributed by atoms with E-state index in [4.69, 9.17) is 17.2 Å². The van der Waals surface area contributed by atoms with E-state index in [1.54, 1.807) is 24.3 Å². The summed E-state index contributed by atoms with van der Waals surface area (Å²) < 4.78 is 72.3. The van der Waals surface area contributed by atoms with Gasteiger partial charge < -0.3 is 22.2 Å². The molecule has 2 aliphatic rings. The van der Waals surface area contributed by atoms with Crippen molar-refractivity contribution in [1.29, 1.82) is 0 Å². The number of rotatable bonds is 15. The van der Waals surface area contributed by atoms with E-state index in [1.165, 1.54) is 22.9 Å². The molecular formula is C38H47F5N8O. The number of aromatic amines is 1. The standard InChI is InChI=1S/C38H47F5N8O/c39-13-3-15-50-28(12-14-47-35(46)21-44)5-2-7-34(50)30-11-10-29(20-31(30)40)51-22-26-19-33(48-36(26)49-37(51)52)25-16-23(17-27(18-25)38(41,42)43)4-1-6-32(45)24-8-9-24/h10-11,16-20,22,24,28,32,34H,1-9,12-15,21,44-45H2,(H2,46,47)(H,48,49,52)/t28-,32+,34-/m0/s1. The van der Waals surface area contributed by atoms with E-state index in [9.17, 15) is 22.4 Å². The molecule has 2 aromatic carbocycles. The minimum absolute atomic E-state index is 0.0641. The lowest BCUT2D eigenvalue weighted by molar-refractivity contribution is -0.137. The lowest BCUT2D eigenvalue weighted by atomic mass is 9.88. The first-order valence-corrected chi connectivity index (χ1v) is 18.1. The third kappa shape index (κ3) is 8.89. The fraction of sp³-hybridized carbons (Fsp3) is 0.500. The van der Waals surface area contributed by atoms with Crippen LogP contribution in [0.4, 0.5) is 22.0 Å². The Morgan fingerprint density at radius 1 is 1.08 bits per heavy atom. The molecule has 280 valence electrons. The summed E-state index contributed by atoms with van der Waals surface area (Å²) in [6.07, 6.45) is 4.49. The summed E-state index contributed by atoms with van der Waals surface area (Å²) in [6.45, 7) is 0.609. The van der Waals surface area contributed by atoms with Gasteiger partial charge in [0.1, 0.15) is 17.3 Å². The largest absolute Gasteiger partial charge is 0.416 e. The molecule has 2 fully saturated rings. The molecule has 9 nitrogen and oxygen atoms in total. The summed E-state index contributed by atoms with van der Waals surface area (Å²) >= 11 is 0. The van der Waals surface area contributed by atoms with Crippen molar-refractivity contribution in [3.05, 3.63) is 81.7 Å². The molecule has 0 amide bonds. The predicted molar refractivity (Wildman–Crippen MR) is 194 cm³/mol. The Labute approximate surface area is 299 Å². The van der Waals surface area contributed by atoms with Crippen molar-refractivity contribution < 1.29 is 22.0 Å². The molecule has 14 heteroatoms. The van der Waals surface area contributed by atoms with Crippen molar-refractivity contribution in [2.75, 3.05) is 26.3 Å². The van der Waals surface area contributed by atoms with Gasteiger partial charge >= 0.3 is 11.9 Å². The molecule has 0 radical (unpaired) electrons. The number of amidine groups is 1. The number of fused-ring (bicyclic) bond motifs is 1. The molecule has 1 saturated carbocycles. The summed E-state index contributed by atoms with van der Waals surface area (Å²) in [6, 6.07) is 10.1. The van der Waals surface area contributed by atoms with E-state index in [2.05, 4.69) is 19.9 Å².